The zero-order valence-electron chi connectivity index (χ0n) is 22.6. The molecular weight excluding hydrogens is 644 g/mol. The summed E-state index contributed by atoms with van der Waals surface area (Å²) in [4.78, 5) is 13.8. The summed E-state index contributed by atoms with van der Waals surface area (Å²) in [5.74, 6) is -1.60. The zero-order chi connectivity index (χ0) is 32.5. The van der Waals surface area contributed by atoms with E-state index in [0.717, 1.165) is 45.7 Å². The highest BCUT2D eigenvalue weighted by Crippen LogP contribution is 2.41. The molecule has 230 valence electrons. The molecule has 0 fully saturated rings. The van der Waals surface area contributed by atoms with E-state index >= 15 is 0 Å². The van der Waals surface area contributed by atoms with Crippen LogP contribution in [-0.2, 0) is 24.7 Å². The second-order valence-electron chi connectivity index (χ2n) is 9.74. The van der Waals surface area contributed by atoms with Crippen LogP contribution in [0, 0.1) is 23.0 Å². The van der Waals surface area contributed by atoms with E-state index in [9.17, 15) is 45.2 Å². The van der Waals surface area contributed by atoms with Gasteiger partial charge in [-0.05, 0) is 53.6 Å². The molecular formula is C32H18F8N2OS2. The van der Waals surface area contributed by atoms with Gasteiger partial charge >= 0.3 is 12.4 Å². The van der Waals surface area contributed by atoms with Crippen molar-refractivity contribution in [1.82, 2.24) is 4.57 Å². The van der Waals surface area contributed by atoms with Gasteiger partial charge in [-0.15, -0.1) is 23.1 Å². The Bertz CT molecular complexity index is 1970. The number of pyridine rings is 1. The summed E-state index contributed by atoms with van der Waals surface area (Å²) in [5, 5.41) is 9.41. The molecule has 0 spiro atoms. The number of rotatable bonds is 7. The molecule has 5 rings (SSSR count). The lowest BCUT2D eigenvalue weighted by atomic mass is 10.1. The van der Waals surface area contributed by atoms with Gasteiger partial charge in [0.25, 0.3) is 5.56 Å². The predicted octanol–water partition coefficient (Wildman–Crippen LogP) is 9.77. The van der Waals surface area contributed by atoms with Crippen LogP contribution in [-0.4, -0.2) is 4.57 Å². The number of thiophene rings is 1. The maximum absolute atomic E-state index is 14.5. The summed E-state index contributed by atoms with van der Waals surface area (Å²) >= 11 is 1.99. The van der Waals surface area contributed by atoms with Crippen molar-refractivity contribution < 1.29 is 35.1 Å². The van der Waals surface area contributed by atoms with Crippen LogP contribution in [0.25, 0.3) is 21.0 Å². The molecule has 0 saturated carbocycles. The van der Waals surface area contributed by atoms with Crippen molar-refractivity contribution in [2.45, 2.75) is 29.5 Å². The first-order valence-corrected chi connectivity index (χ1v) is 14.7. The largest absolute Gasteiger partial charge is 0.417 e. The molecule has 0 N–H and O–H groups in total. The van der Waals surface area contributed by atoms with Gasteiger partial charge in [-0.25, -0.2) is 8.78 Å². The van der Waals surface area contributed by atoms with Crippen molar-refractivity contribution in [3.63, 3.8) is 0 Å². The van der Waals surface area contributed by atoms with Crippen LogP contribution in [0.1, 0.15) is 27.8 Å². The Labute approximate surface area is 259 Å². The number of nitrogens with zero attached hydrogens (tertiary/aromatic N) is 2. The van der Waals surface area contributed by atoms with E-state index in [1.807, 2.05) is 18.2 Å². The van der Waals surface area contributed by atoms with E-state index in [0.29, 0.717) is 22.8 Å². The third kappa shape index (κ3) is 7.13. The molecule has 0 aliphatic rings. The van der Waals surface area contributed by atoms with E-state index in [4.69, 9.17) is 0 Å². The fourth-order valence-electron chi connectivity index (χ4n) is 4.52. The van der Waals surface area contributed by atoms with Crippen LogP contribution in [0.2, 0.25) is 0 Å². The third-order valence-electron chi connectivity index (χ3n) is 6.69. The molecule has 0 amide bonds. The van der Waals surface area contributed by atoms with Gasteiger partial charge in [0, 0.05) is 27.2 Å². The number of hydrogen-bond donors (Lipinski definition) is 0. The lowest BCUT2D eigenvalue weighted by Gasteiger charge is -2.17. The van der Waals surface area contributed by atoms with Gasteiger partial charge in [0.05, 0.1) is 28.2 Å². The number of aromatic nitrogens is 1. The molecule has 0 saturated heterocycles. The number of nitriles is 1. The van der Waals surface area contributed by atoms with Crippen molar-refractivity contribution in [3.05, 3.63) is 135 Å². The monoisotopic (exact) mass is 662 g/mol. The minimum atomic E-state index is -5.11. The van der Waals surface area contributed by atoms with E-state index in [1.165, 1.54) is 36.0 Å². The lowest BCUT2D eigenvalue weighted by molar-refractivity contribution is -0.138. The fraction of sp³-hybridized carbons (Fsp3) is 0.125. The van der Waals surface area contributed by atoms with Crippen molar-refractivity contribution in [2.75, 3.05) is 0 Å². The molecule has 0 atom stereocenters. The topological polar surface area (TPSA) is 45.8 Å². The maximum atomic E-state index is 14.5. The van der Waals surface area contributed by atoms with Gasteiger partial charge in [0.1, 0.15) is 23.3 Å². The highest BCUT2D eigenvalue weighted by molar-refractivity contribution is 7.98. The summed E-state index contributed by atoms with van der Waals surface area (Å²) in [6.07, 6.45) is -9.79. The molecule has 45 heavy (non-hydrogen) atoms. The van der Waals surface area contributed by atoms with Crippen LogP contribution in [0.15, 0.2) is 94.6 Å². The normalized spacial score (nSPS) is 11.9. The van der Waals surface area contributed by atoms with Gasteiger partial charge in [-0.1, -0.05) is 36.4 Å². The predicted molar refractivity (Wildman–Crippen MR) is 156 cm³/mol. The second-order valence-corrected chi connectivity index (χ2v) is 11.9. The van der Waals surface area contributed by atoms with Crippen molar-refractivity contribution in [1.29, 1.82) is 5.26 Å². The number of hydrogen-bond acceptors (Lipinski definition) is 4. The van der Waals surface area contributed by atoms with Gasteiger partial charge in [-0.2, -0.15) is 31.6 Å². The van der Waals surface area contributed by atoms with Crippen LogP contribution < -0.4 is 5.56 Å². The molecule has 0 radical (unpaired) electrons. The molecule has 0 aliphatic heterocycles. The second kappa shape index (κ2) is 12.5. The van der Waals surface area contributed by atoms with E-state index in [1.54, 1.807) is 12.1 Å². The standard InChI is InChI=1S/C32H18F8N2OS2/c33-22-7-6-19(26(34)13-22)16-42-27(14-25(32(38,39)40)24(15-41)30(42)43)29-9-8-28(45-29)20-10-21(31(35,36)37)12-23(11-20)44-17-18-4-2-1-3-5-18/h1-14H,16-17H2. The van der Waals surface area contributed by atoms with E-state index < -0.39 is 52.8 Å². The number of alkyl halides is 6. The molecule has 0 unspecified atom stereocenters. The highest BCUT2D eigenvalue weighted by Gasteiger charge is 2.37. The smallest absolute Gasteiger partial charge is 0.302 e. The molecule has 0 aliphatic carbocycles. The van der Waals surface area contributed by atoms with Crippen LogP contribution in [0.4, 0.5) is 35.1 Å². The summed E-state index contributed by atoms with van der Waals surface area (Å²) in [5.41, 5.74) is -4.59. The first-order valence-electron chi connectivity index (χ1n) is 12.9. The molecule has 2 aromatic heterocycles. The Morgan fingerprint density at radius 2 is 1.53 bits per heavy atom. The Morgan fingerprint density at radius 1 is 0.822 bits per heavy atom. The van der Waals surface area contributed by atoms with E-state index in [-0.39, 0.29) is 26.6 Å². The molecule has 3 nitrogen and oxygen atoms in total. The number of thioether (sulfide) groups is 1. The Hall–Kier alpha value is -4.41. The third-order valence-corrected chi connectivity index (χ3v) is 8.89. The molecule has 0 bridgehead atoms. The van der Waals surface area contributed by atoms with Gasteiger partial charge < -0.3 is 4.57 Å². The zero-order valence-corrected chi connectivity index (χ0v) is 24.3. The first kappa shape index (κ1) is 32.0. The quantitative estimate of drug-likeness (QED) is 0.129. The molecule has 2 heterocycles. The van der Waals surface area contributed by atoms with Crippen molar-refractivity contribution >= 4 is 23.1 Å². The summed E-state index contributed by atoms with van der Waals surface area (Å²) in [6, 6.07) is 19.6. The number of benzene rings is 3. The average Bonchev–Trinajstić information content (AvgIpc) is 3.48. The lowest BCUT2D eigenvalue weighted by Crippen LogP contribution is -2.28. The summed E-state index contributed by atoms with van der Waals surface area (Å²) < 4.78 is 112. The summed E-state index contributed by atoms with van der Waals surface area (Å²) in [7, 11) is 0. The minimum Gasteiger partial charge on any atom is -0.302 e. The number of halogens is 8. The van der Waals surface area contributed by atoms with Crippen molar-refractivity contribution in [2.24, 2.45) is 0 Å². The minimum absolute atomic E-state index is 0.0375. The first-order chi connectivity index (χ1) is 21.2. The van der Waals surface area contributed by atoms with Gasteiger partial charge in [0.2, 0.25) is 0 Å². The Morgan fingerprint density at radius 3 is 2.18 bits per heavy atom. The highest BCUT2D eigenvalue weighted by atomic mass is 32.2. The molecule has 13 heteroatoms. The Balaban J connectivity index is 1.63. The van der Waals surface area contributed by atoms with Crippen LogP contribution in [0.5, 0.6) is 0 Å². The van der Waals surface area contributed by atoms with Gasteiger partial charge in [-0.3, -0.25) is 4.79 Å². The fourth-order valence-corrected chi connectivity index (χ4v) is 6.48. The summed E-state index contributed by atoms with van der Waals surface area (Å²) in [6.45, 7) is -0.649. The Kier molecular flexibility index (Phi) is 8.91. The van der Waals surface area contributed by atoms with Crippen LogP contribution in [0.3, 0.4) is 0 Å². The molecule has 5 aromatic rings. The van der Waals surface area contributed by atoms with Crippen LogP contribution >= 0.6 is 23.1 Å². The SMILES string of the molecule is N#Cc1c(C(F)(F)F)cc(-c2ccc(-c3cc(SCc4ccccc4)cc(C(F)(F)F)c3)s2)n(Cc2ccc(F)cc2F)c1=O. The van der Waals surface area contributed by atoms with Gasteiger partial charge in [0.15, 0.2) is 0 Å². The van der Waals surface area contributed by atoms with Crippen molar-refractivity contribution in [3.8, 4) is 27.1 Å². The van der Waals surface area contributed by atoms with E-state index in [2.05, 4.69) is 0 Å². The maximum Gasteiger partial charge on any atom is 0.417 e. The molecule has 3 aromatic carbocycles. The average molecular weight is 663 g/mol.